The molecular formula is C24H13N3. The smallest absolute Gasteiger partial charge is 0.0958 e. The van der Waals surface area contributed by atoms with Crippen LogP contribution < -0.4 is 0 Å². The average molecular weight is 343 g/mol. The van der Waals surface area contributed by atoms with Crippen LogP contribution in [0.2, 0.25) is 0 Å². The molecule has 0 atom stereocenters. The molecule has 3 nitrogen and oxygen atoms in total. The number of fused-ring (bicyclic) bond motifs is 5. The molecule has 1 N–H and O–H groups in total. The SMILES string of the molecule is c1ccc2cc3[nH]c4c5cccc6nc7cccc(c4nc3cc2c1)c7c65. The van der Waals surface area contributed by atoms with E-state index in [1.807, 2.05) is 0 Å². The molecule has 2 heterocycles. The van der Waals surface area contributed by atoms with Gasteiger partial charge in [-0.05, 0) is 35.0 Å². The number of hydrogen-bond donors (Lipinski definition) is 1. The summed E-state index contributed by atoms with van der Waals surface area (Å²) in [6.45, 7) is 0. The Morgan fingerprint density at radius 2 is 1.30 bits per heavy atom. The minimum absolute atomic E-state index is 0.986. The van der Waals surface area contributed by atoms with E-state index in [1.54, 1.807) is 0 Å². The van der Waals surface area contributed by atoms with E-state index < -0.39 is 0 Å². The number of aromatic nitrogens is 3. The summed E-state index contributed by atoms with van der Waals surface area (Å²) in [4.78, 5) is 13.6. The zero-order chi connectivity index (χ0) is 17.5. The van der Waals surface area contributed by atoms with Gasteiger partial charge in [0.2, 0.25) is 0 Å². The van der Waals surface area contributed by atoms with Crippen LogP contribution in [0.1, 0.15) is 0 Å². The van der Waals surface area contributed by atoms with E-state index in [2.05, 4.69) is 77.8 Å². The quantitative estimate of drug-likeness (QED) is 0.264. The van der Waals surface area contributed by atoms with Gasteiger partial charge < -0.3 is 4.98 Å². The first-order chi connectivity index (χ1) is 13.4. The van der Waals surface area contributed by atoms with E-state index in [4.69, 9.17) is 9.97 Å². The van der Waals surface area contributed by atoms with Crippen molar-refractivity contribution >= 4 is 65.4 Å². The molecule has 0 saturated carbocycles. The van der Waals surface area contributed by atoms with E-state index in [0.29, 0.717) is 0 Å². The van der Waals surface area contributed by atoms with Crippen molar-refractivity contribution in [2.45, 2.75) is 0 Å². The molecule has 0 fully saturated rings. The second kappa shape index (κ2) is 4.51. The van der Waals surface area contributed by atoms with Gasteiger partial charge in [0.1, 0.15) is 0 Å². The highest BCUT2D eigenvalue weighted by molar-refractivity contribution is 6.32. The van der Waals surface area contributed by atoms with Crippen LogP contribution in [-0.4, -0.2) is 15.0 Å². The van der Waals surface area contributed by atoms with Crippen LogP contribution in [0.5, 0.6) is 0 Å². The maximum absolute atomic E-state index is 5.10. The highest BCUT2D eigenvalue weighted by Crippen LogP contribution is 2.40. The van der Waals surface area contributed by atoms with Gasteiger partial charge in [0.05, 0.1) is 33.1 Å². The Balaban J connectivity index is 1.81. The molecule has 27 heavy (non-hydrogen) atoms. The number of nitrogens with one attached hydrogen (secondary N) is 1. The zero-order valence-electron chi connectivity index (χ0n) is 14.3. The first-order valence-corrected chi connectivity index (χ1v) is 9.11. The molecule has 0 spiro atoms. The van der Waals surface area contributed by atoms with Crippen molar-refractivity contribution in [1.82, 2.24) is 15.0 Å². The van der Waals surface area contributed by atoms with Crippen LogP contribution in [0.25, 0.3) is 65.4 Å². The van der Waals surface area contributed by atoms with E-state index in [0.717, 1.165) is 38.5 Å². The summed E-state index contributed by atoms with van der Waals surface area (Å²) in [5.74, 6) is 0. The monoisotopic (exact) mass is 343 g/mol. The van der Waals surface area contributed by atoms with Gasteiger partial charge in [0.25, 0.3) is 0 Å². The summed E-state index contributed by atoms with van der Waals surface area (Å²) in [5, 5.41) is 7.22. The van der Waals surface area contributed by atoms with Crippen molar-refractivity contribution < 1.29 is 0 Å². The van der Waals surface area contributed by atoms with E-state index in [-0.39, 0.29) is 0 Å². The fraction of sp³-hybridized carbons (Fsp3) is 0. The summed E-state index contributed by atoms with van der Waals surface area (Å²) in [6, 6.07) is 25.4. The third-order valence-corrected chi connectivity index (χ3v) is 5.69. The molecule has 5 aromatic carbocycles. The molecule has 2 aromatic heterocycles. The number of nitrogens with zero attached hydrogens (tertiary/aromatic N) is 2. The molecule has 0 aliphatic rings. The maximum atomic E-state index is 5.10. The molecule has 0 aliphatic carbocycles. The number of rotatable bonds is 0. The standard InChI is InChI=1S/C24H13N3/c1-2-6-14-12-20-19(11-13(14)5-1)26-23-15-7-3-9-17-21(15)22-16(24(23)27-20)8-4-10-18(22)25-17/h1-12,26H. The molecule has 0 radical (unpaired) electrons. The predicted octanol–water partition coefficient (Wildman–Crippen LogP) is 6.16. The summed E-state index contributed by atoms with van der Waals surface area (Å²) < 4.78 is 0. The summed E-state index contributed by atoms with van der Waals surface area (Å²) in [7, 11) is 0. The Hall–Kier alpha value is -3.72. The summed E-state index contributed by atoms with van der Waals surface area (Å²) >= 11 is 0. The molecule has 0 unspecified atom stereocenters. The summed E-state index contributed by atoms with van der Waals surface area (Å²) in [6.07, 6.45) is 0. The largest absolute Gasteiger partial charge is 0.351 e. The van der Waals surface area contributed by atoms with Crippen LogP contribution in [0, 0.1) is 0 Å². The van der Waals surface area contributed by atoms with Gasteiger partial charge >= 0.3 is 0 Å². The number of hydrogen-bond acceptors (Lipinski definition) is 2. The van der Waals surface area contributed by atoms with Gasteiger partial charge in [-0.15, -0.1) is 0 Å². The molecule has 7 rings (SSSR count). The number of H-pyrrole nitrogens is 1. The van der Waals surface area contributed by atoms with Gasteiger partial charge in [-0.3, -0.25) is 0 Å². The predicted molar refractivity (Wildman–Crippen MR) is 113 cm³/mol. The fourth-order valence-corrected chi connectivity index (χ4v) is 4.51. The average Bonchev–Trinajstić information content (AvgIpc) is 3.10. The van der Waals surface area contributed by atoms with Gasteiger partial charge in [-0.25, -0.2) is 9.97 Å². The van der Waals surface area contributed by atoms with Crippen molar-refractivity contribution in [3.8, 4) is 0 Å². The number of aromatic amines is 1. The van der Waals surface area contributed by atoms with E-state index >= 15 is 0 Å². The van der Waals surface area contributed by atoms with Gasteiger partial charge in [-0.1, -0.05) is 48.5 Å². The first-order valence-electron chi connectivity index (χ1n) is 9.11. The Morgan fingerprint density at radius 1 is 0.593 bits per heavy atom. The third kappa shape index (κ3) is 1.62. The molecule has 0 saturated heterocycles. The van der Waals surface area contributed by atoms with Crippen molar-refractivity contribution in [2.75, 3.05) is 0 Å². The number of benzene rings is 5. The lowest BCUT2D eigenvalue weighted by molar-refractivity contribution is 1.43. The van der Waals surface area contributed by atoms with Crippen molar-refractivity contribution in [2.24, 2.45) is 0 Å². The molecule has 0 aliphatic heterocycles. The Bertz CT molecular complexity index is 1550. The lowest BCUT2D eigenvalue weighted by Crippen LogP contribution is -1.91. The Morgan fingerprint density at radius 3 is 2.11 bits per heavy atom. The third-order valence-electron chi connectivity index (χ3n) is 5.69. The van der Waals surface area contributed by atoms with Crippen LogP contribution >= 0.6 is 0 Å². The topological polar surface area (TPSA) is 41.6 Å². The fourth-order valence-electron chi connectivity index (χ4n) is 4.51. The van der Waals surface area contributed by atoms with Crippen molar-refractivity contribution in [3.05, 3.63) is 72.8 Å². The Labute approximate surface area is 153 Å². The van der Waals surface area contributed by atoms with Gasteiger partial charge in [0.15, 0.2) is 0 Å². The lowest BCUT2D eigenvalue weighted by Gasteiger charge is -2.10. The van der Waals surface area contributed by atoms with Gasteiger partial charge in [0, 0.05) is 21.5 Å². The first kappa shape index (κ1) is 13.5. The summed E-state index contributed by atoms with van der Waals surface area (Å²) in [5.41, 5.74) is 6.22. The minimum atomic E-state index is 0.986. The highest BCUT2D eigenvalue weighted by atomic mass is 14.8. The van der Waals surface area contributed by atoms with Crippen LogP contribution in [0.15, 0.2) is 72.8 Å². The molecule has 0 amide bonds. The normalized spacial score (nSPS) is 12.4. The molecule has 0 bridgehead atoms. The molecule has 124 valence electrons. The van der Waals surface area contributed by atoms with Crippen molar-refractivity contribution in [1.29, 1.82) is 0 Å². The zero-order valence-corrected chi connectivity index (χ0v) is 14.3. The van der Waals surface area contributed by atoms with E-state index in [9.17, 15) is 0 Å². The maximum Gasteiger partial charge on any atom is 0.0958 e. The van der Waals surface area contributed by atoms with Crippen LogP contribution in [-0.2, 0) is 0 Å². The van der Waals surface area contributed by atoms with Crippen molar-refractivity contribution in [3.63, 3.8) is 0 Å². The second-order valence-corrected chi connectivity index (χ2v) is 7.19. The molecule has 7 aromatic rings. The highest BCUT2D eigenvalue weighted by Gasteiger charge is 2.17. The Kier molecular flexibility index (Phi) is 2.25. The lowest BCUT2D eigenvalue weighted by atomic mass is 9.99. The van der Waals surface area contributed by atoms with E-state index in [1.165, 1.54) is 26.9 Å². The van der Waals surface area contributed by atoms with Crippen LogP contribution in [0.4, 0.5) is 0 Å². The minimum Gasteiger partial charge on any atom is -0.351 e. The molecular weight excluding hydrogens is 330 g/mol. The second-order valence-electron chi connectivity index (χ2n) is 7.19. The van der Waals surface area contributed by atoms with Gasteiger partial charge in [-0.2, -0.15) is 0 Å². The molecule has 3 heteroatoms. The van der Waals surface area contributed by atoms with Crippen LogP contribution in [0.3, 0.4) is 0 Å².